The van der Waals surface area contributed by atoms with Crippen molar-refractivity contribution in [2.45, 2.75) is 6.42 Å². The molecule has 2 fully saturated rings. The normalized spacial score (nSPS) is 21.1. The summed E-state index contributed by atoms with van der Waals surface area (Å²) in [5.74, 6) is 1.24. The van der Waals surface area contributed by atoms with Gasteiger partial charge in [-0.05, 0) is 18.6 Å². The van der Waals surface area contributed by atoms with Gasteiger partial charge in [-0.15, -0.1) is 0 Å². The Morgan fingerprint density at radius 1 is 1.43 bits per heavy atom. The highest BCUT2D eigenvalue weighted by Crippen LogP contribution is 2.15. The third-order valence-electron chi connectivity index (χ3n) is 4.33. The molecule has 1 atom stereocenters. The molecule has 0 unspecified atom stereocenters. The number of nitrogens with one attached hydrogen (secondary N) is 1. The third-order valence-corrected chi connectivity index (χ3v) is 4.33. The number of rotatable bonds is 3. The summed E-state index contributed by atoms with van der Waals surface area (Å²) < 4.78 is 5.32. The predicted octanol–water partition coefficient (Wildman–Crippen LogP) is 0.821. The number of piperazine rings is 1. The summed E-state index contributed by atoms with van der Waals surface area (Å²) in [6.45, 7) is 4.99. The van der Waals surface area contributed by atoms with E-state index in [1.165, 1.54) is 0 Å². The zero-order valence-corrected chi connectivity index (χ0v) is 13.1. The van der Waals surface area contributed by atoms with Crippen molar-refractivity contribution in [2.75, 3.05) is 50.8 Å². The molecular weight excluding hydrogens is 294 g/mol. The minimum absolute atomic E-state index is 0.00437. The quantitative estimate of drug-likeness (QED) is 0.893. The van der Waals surface area contributed by atoms with Gasteiger partial charge in [0.15, 0.2) is 0 Å². The van der Waals surface area contributed by atoms with Crippen molar-refractivity contribution in [2.24, 2.45) is 5.92 Å². The number of carbonyl (C=O) groups is 1. The monoisotopic (exact) mass is 315 g/mol. The van der Waals surface area contributed by atoms with Crippen LogP contribution in [0.15, 0.2) is 18.3 Å². The molecule has 2 amide bonds. The number of urea groups is 1. The molecule has 3 rings (SSSR count). The first-order valence-electron chi connectivity index (χ1n) is 7.98. The molecule has 23 heavy (non-hydrogen) atoms. The van der Waals surface area contributed by atoms with Crippen LogP contribution in [-0.2, 0) is 4.74 Å². The van der Waals surface area contributed by atoms with E-state index < -0.39 is 0 Å². The fourth-order valence-electron chi connectivity index (χ4n) is 2.89. The Balaban J connectivity index is 1.47. The lowest BCUT2D eigenvalue weighted by atomic mass is 10.1. The summed E-state index contributed by atoms with van der Waals surface area (Å²) in [7, 11) is 0. The number of hydrogen-bond donors (Lipinski definition) is 1. The summed E-state index contributed by atoms with van der Waals surface area (Å²) in [5.41, 5.74) is 0.606. The van der Waals surface area contributed by atoms with Crippen molar-refractivity contribution in [3.05, 3.63) is 23.9 Å². The van der Waals surface area contributed by atoms with Crippen molar-refractivity contribution in [3.63, 3.8) is 0 Å². The van der Waals surface area contributed by atoms with E-state index in [0.29, 0.717) is 31.1 Å². The van der Waals surface area contributed by atoms with Crippen molar-refractivity contribution in [1.29, 1.82) is 5.26 Å². The van der Waals surface area contributed by atoms with E-state index >= 15 is 0 Å². The fourth-order valence-corrected chi connectivity index (χ4v) is 2.89. The van der Waals surface area contributed by atoms with Crippen LogP contribution in [-0.4, -0.2) is 61.9 Å². The molecule has 0 saturated carbocycles. The first-order valence-corrected chi connectivity index (χ1v) is 7.98. The SMILES string of the molecule is N#Cc1ccnc(N2CCN(C(=O)NC[C@@H]3CCOC3)CC2)c1. The molecule has 0 aliphatic carbocycles. The van der Waals surface area contributed by atoms with E-state index in [1.807, 2.05) is 4.90 Å². The maximum absolute atomic E-state index is 12.2. The van der Waals surface area contributed by atoms with E-state index in [9.17, 15) is 4.79 Å². The van der Waals surface area contributed by atoms with Gasteiger partial charge in [-0.2, -0.15) is 5.26 Å². The molecule has 0 bridgehead atoms. The molecule has 1 aromatic heterocycles. The van der Waals surface area contributed by atoms with Crippen LogP contribution < -0.4 is 10.2 Å². The molecule has 7 nitrogen and oxygen atoms in total. The third kappa shape index (κ3) is 3.90. The number of amides is 2. The summed E-state index contributed by atoms with van der Waals surface area (Å²) in [4.78, 5) is 20.4. The lowest BCUT2D eigenvalue weighted by Gasteiger charge is -2.35. The number of aromatic nitrogens is 1. The second-order valence-corrected chi connectivity index (χ2v) is 5.90. The fraction of sp³-hybridized carbons (Fsp3) is 0.562. The maximum atomic E-state index is 12.2. The lowest BCUT2D eigenvalue weighted by Crippen LogP contribution is -2.52. The molecule has 1 N–H and O–H groups in total. The summed E-state index contributed by atoms with van der Waals surface area (Å²) >= 11 is 0. The molecule has 0 spiro atoms. The van der Waals surface area contributed by atoms with Crippen LogP contribution in [0.5, 0.6) is 0 Å². The van der Waals surface area contributed by atoms with Gasteiger partial charge in [0, 0.05) is 51.4 Å². The van der Waals surface area contributed by atoms with Gasteiger partial charge in [0.2, 0.25) is 0 Å². The number of carbonyl (C=O) groups excluding carboxylic acids is 1. The first-order chi connectivity index (χ1) is 11.3. The topological polar surface area (TPSA) is 81.5 Å². The predicted molar refractivity (Wildman–Crippen MR) is 85.1 cm³/mol. The van der Waals surface area contributed by atoms with Gasteiger partial charge < -0.3 is 19.9 Å². The van der Waals surface area contributed by atoms with E-state index in [0.717, 1.165) is 38.5 Å². The summed E-state index contributed by atoms with van der Waals surface area (Å²) in [5, 5.41) is 12.0. The van der Waals surface area contributed by atoms with Gasteiger partial charge in [-0.25, -0.2) is 9.78 Å². The highest BCUT2D eigenvalue weighted by molar-refractivity contribution is 5.74. The van der Waals surface area contributed by atoms with Crippen molar-refractivity contribution >= 4 is 11.8 Å². The smallest absolute Gasteiger partial charge is 0.317 e. The Labute approximate surface area is 135 Å². The lowest BCUT2D eigenvalue weighted by molar-refractivity contribution is 0.179. The number of pyridine rings is 1. The van der Waals surface area contributed by atoms with Crippen molar-refractivity contribution < 1.29 is 9.53 Å². The van der Waals surface area contributed by atoms with E-state index in [1.54, 1.807) is 18.3 Å². The van der Waals surface area contributed by atoms with Crippen LogP contribution in [0.25, 0.3) is 0 Å². The molecule has 0 aromatic carbocycles. The number of anilines is 1. The Kier molecular flexibility index (Phi) is 4.93. The minimum Gasteiger partial charge on any atom is -0.381 e. The molecular formula is C16H21N5O2. The number of nitriles is 1. The molecule has 122 valence electrons. The van der Waals surface area contributed by atoms with Gasteiger partial charge in [0.25, 0.3) is 0 Å². The zero-order valence-electron chi connectivity index (χ0n) is 13.1. The van der Waals surface area contributed by atoms with Crippen molar-refractivity contribution in [3.8, 4) is 6.07 Å². The van der Waals surface area contributed by atoms with Gasteiger partial charge >= 0.3 is 6.03 Å². The molecule has 0 radical (unpaired) electrons. The average molecular weight is 315 g/mol. The number of nitrogens with zero attached hydrogens (tertiary/aromatic N) is 4. The Bertz CT molecular complexity index is 586. The van der Waals surface area contributed by atoms with Crippen LogP contribution in [0, 0.1) is 17.2 Å². The largest absolute Gasteiger partial charge is 0.381 e. The standard InChI is InChI=1S/C16H21N5O2/c17-10-13-1-3-18-15(9-13)20-4-6-21(7-5-20)16(22)19-11-14-2-8-23-12-14/h1,3,9,14H,2,4-8,11-12H2,(H,19,22)/t14-/m0/s1. The molecule has 2 aliphatic heterocycles. The minimum atomic E-state index is -0.00437. The molecule has 1 aromatic rings. The van der Waals surface area contributed by atoms with Gasteiger partial charge in [-0.1, -0.05) is 0 Å². The molecule has 3 heterocycles. The van der Waals surface area contributed by atoms with Crippen LogP contribution in [0.2, 0.25) is 0 Å². The molecule has 2 saturated heterocycles. The second-order valence-electron chi connectivity index (χ2n) is 5.90. The van der Waals surface area contributed by atoms with Crippen LogP contribution in [0.4, 0.5) is 10.6 Å². The molecule has 2 aliphatic rings. The van der Waals surface area contributed by atoms with E-state index in [4.69, 9.17) is 10.00 Å². The zero-order chi connectivity index (χ0) is 16.1. The number of hydrogen-bond acceptors (Lipinski definition) is 5. The van der Waals surface area contributed by atoms with Crippen LogP contribution in [0.3, 0.4) is 0 Å². The highest BCUT2D eigenvalue weighted by atomic mass is 16.5. The molecule has 7 heteroatoms. The Morgan fingerprint density at radius 3 is 2.96 bits per heavy atom. The highest BCUT2D eigenvalue weighted by Gasteiger charge is 2.23. The van der Waals surface area contributed by atoms with Crippen LogP contribution in [0.1, 0.15) is 12.0 Å². The van der Waals surface area contributed by atoms with E-state index in [-0.39, 0.29) is 6.03 Å². The van der Waals surface area contributed by atoms with Crippen molar-refractivity contribution in [1.82, 2.24) is 15.2 Å². The van der Waals surface area contributed by atoms with Crippen LogP contribution >= 0.6 is 0 Å². The van der Waals surface area contributed by atoms with Gasteiger partial charge in [0.1, 0.15) is 5.82 Å². The maximum Gasteiger partial charge on any atom is 0.317 e. The average Bonchev–Trinajstić information content (AvgIpc) is 3.13. The van der Waals surface area contributed by atoms with Gasteiger partial charge in [0.05, 0.1) is 18.2 Å². The Hall–Kier alpha value is -2.33. The first kappa shape index (κ1) is 15.6. The van der Waals surface area contributed by atoms with E-state index in [2.05, 4.69) is 21.3 Å². The Morgan fingerprint density at radius 2 is 2.26 bits per heavy atom. The number of ether oxygens (including phenoxy) is 1. The van der Waals surface area contributed by atoms with Gasteiger partial charge in [-0.3, -0.25) is 0 Å². The summed E-state index contributed by atoms with van der Waals surface area (Å²) in [6, 6.07) is 5.60. The summed E-state index contributed by atoms with van der Waals surface area (Å²) in [6.07, 6.45) is 2.67. The second kappa shape index (κ2) is 7.29.